The number of nitrogens with one attached hydrogen (secondary N) is 2. The lowest BCUT2D eigenvalue weighted by molar-refractivity contribution is -0.118. The molecule has 0 radical (unpaired) electrons. The van der Waals surface area contributed by atoms with Crippen molar-refractivity contribution < 1.29 is 23.1 Å². The first-order valence-electron chi connectivity index (χ1n) is 23.5. The molecule has 1 amide bonds. The van der Waals surface area contributed by atoms with Crippen molar-refractivity contribution in [3.63, 3.8) is 0 Å². The normalized spacial score (nSPS) is 12.1. The maximum Gasteiger partial charge on any atom is 0.333 e. The van der Waals surface area contributed by atoms with Gasteiger partial charge in [-0.2, -0.15) is 0 Å². The van der Waals surface area contributed by atoms with Gasteiger partial charge in [-0.15, -0.1) is 11.8 Å². The Bertz CT molecular complexity index is 2750. The van der Waals surface area contributed by atoms with Crippen molar-refractivity contribution in [1.82, 2.24) is 18.4 Å². The molecule has 0 aliphatic heterocycles. The summed E-state index contributed by atoms with van der Waals surface area (Å²) >= 11 is 8.01. The van der Waals surface area contributed by atoms with Gasteiger partial charge in [-0.05, 0) is 60.4 Å². The van der Waals surface area contributed by atoms with Gasteiger partial charge in [0.15, 0.2) is 11.8 Å². The number of anilines is 1. The fraction of sp³-hybridized carbons (Fsp3) is 0.377. The molecule has 0 bridgehead atoms. The fourth-order valence-electron chi connectivity index (χ4n) is 8.44. The molecule has 6 aromatic rings. The number of halogens is 1. The third-order valence-electron chi connectivity index (χ3n) is 12.1. The van der Waals surface area contributed by atoms with Gasteiger partial charge in [0.2, 0.25) is 15.9 Å². The Labute approximate surface area is 405 Å². The van der Waals surface area contributed by atoms with E-state index in [0.29, 0.717) is 29.0 Å². The van der Waals surface area contributed by atoms with Crippen LogP contribution in [0, 0.1) is 6.92 Å². The molecule has 0 saturated heterocycles. The number of carbonyl (C=O) groups is 2. The third kappa shape index (κ3) is 12.6. The minimum absolute atomic E-state index is 0.00931. The number of rotatable bonds is 26. The van der Waals surface area contributed by atoms with Crippen LogP contribution in [0.2, 0.25) is 5.02 Å². The second kappa shape index (κ2) is 24.6. The highest BCUT2D eigenvalue weighted by Gasteiger charge is 2.40. The van der Waals surface area contributed by atoms with Gasteiger partial charge in [0, 0.05) is 30.4 Å². The molecule has 6 rings (SSSR count). The van der Waals surface area contributed by atoms with Crippen LogP contribution in [0.3, 0.4) is 0 Å². The lowest BCUT2D eigenvalue weighted by Crippen LogP contribution is -2.39. The van der Waals surface area contributed by atoms with E-state index in [-0.39, 0.29) is 39.3 Å². The minimum Gasteiger partial charge on any atom is -0.492 e. The maximum atomic E-state index is 15.8. The number of benzene rings is 4. The number of sulfonamides is 1. The average Bonchev–Trinajstić information content (AvgIpc) is 3.72. The summed E-state index contributed by atoms with van der Waals surface area (Å²) in [5, 5.41) is 15.3. The molecule has 0 fully saturated rings. The zero-order valence-electron chi connectivity index (χ0n) is 39.1. The number of hydrogen-bond donors (Lipinski definition) is 3. The van der Waals surface area contributed by atoms with E-state index in [9.17, 15) is 13.5 Å². The number of hydrogen-bond acceptors (Lipinski definition) is 7. The summed E-state index contributed by atoms with van der Waals surface area (Å²) in [7, 11) is -2.18. The second-order valence-corrected chi connectivity index (χ2v) is 20.3. The van der Waals surface area contributed by atoms with Gasteiger partial charge in [-0.1, -0.05) is 181 Å². The summed E-state index contributed by atoms with van der Waals surface area (Å²) < 4.78 is 34.0. The van der Waals surface area contributed by atoms with E-state index in [1.165, 1.54) is 34.5 Å². The summed E-state index contributed by atoms with van der Waals surface area (Å²) in [6, 6.07) is 30.3. The third-order valence-corrected chi connectivity index (χ3v) is 15.1. The highest BCUT2D eigenvalue weighted by molar-refractivity contribution is 7.99. The number of carbonyl (C=O) groups excluding carboxylic acids is 2. The highest BCUT2D eigenvalue weighted by Crippen LogP contribution is 2.42. The van der Waals surface area contributed by atoms with Crippen LogP contribution in [-0.2, 0) is 28.4 Å². The number of nitrogens with zero attached hydrogens (tertiary/aromatic N) is 3. The Balaban J connectivity index is 1.48. The van der Waals surface area contributed by atoms with Gasteiger partial charge in [-0.25, -0.2) is 22.5 Å². The molecule has 4 aromatic carbocycles. The van der Waals surface area contributed by atoms with Crippen molar-refractivity contribution >= 4 is 50.8 Å². The minimum atomic E-state index is -4.03. The first-order valence-corrected chi connectivity index (χ1v) is 26.4. The maximum absolute atomic E-state index is 15.8. The number of imidazole rings is 1. The monoisotopic (exact) mass is 965 g/mol. The number of thioether (sulfide) groups is 1. The van der Waals surface area contributed by atoms with Crippen LogP contribution in [0.25, 0.3) is 22.4 Å². The standard InChI is InChI=1S/C53H64ClN5O6S2/c1-5-7-9-11-13-24-34-55-67(64,65)42-32-33-43(54)44(36-42)56-50(61)48(49(60)45-38(3)57(4)47(41-30-22-17-23-31-41)46(45)40-28-20-16-21-29-40)59-51(62)52(66-35-25-14-12-10-8-6-2)58(53(59)63)37-39-26-18-15-19-27-39/h15-23,26-33,36,48,55,62H,5-14,24-25,34-35,37H2,1-4H3,(H,56,61). The number of unbranched alkanes of at least 4 members (excludes halogenated alkanes) is 10. The summed E-state index contributed by atoms with van der Waals surface area (Å²) in [6.07, 6.45) is 12.2. The summed E-state index contributed by atoms with van der Waals surface area (Å²) in [5.74, 6) is -1.69. The fourth-order valence-corrected chi connectivity index (χ4v) is 10.8. The Morgan fingerprint density at radius 1 is 0.761 bits per heavy atom. The van der Waals surface area contributed by atoms with Gasteiger partial charge in [0.25, 0.3) is 5.91 Å². The molecule has 0 aliphatic rings. The van der Waals surface area contributed by atoms with Gasteiger partial charge in [-0.3, -0.25) is 14.2 Å². The van der Waals surface area contributed by atoms with Crippen LogP contribution < -0.4 is 15.7 Å². The molecular weight excluding hydrogens is 902 g/mol. The van der Waals surface area contributed by atoms with E-state index in [1.54, 1.807) is 6.92 Å². The number of ketones is 1. The molecule has 67 heavy (non-hydrogen) atoms. The SMILES string of the molecule is CCCCCCCCNS(=O)(=O)c1ccc(Cl)c(NC(=O)C(C(=O)c2c(-c3ccccc3)c(-c3ccccc3)n(C)c2C)n2c(O)c(SCCCCCCCC)n(Cc3ccccc3)c2=O)c1. The summed E-state index contributed by atoms with van der Waals surface area (Å²) in [6.45, 7) is 6.40. The summed E-state index contributed by atoms with van der Waals surface area (Å²) in [4.78, 5) is 45.9. The molecule has 3 N–H and O–H groups in total. The topological polar surface area (TPSA) is 144 Å². The zero-order valence-corrected chi connectivity index (χ0v) is 41.5. The van der Waals surface area contributed by atoms with Crippen molar-refractivity contribution in [2.24, 2.45) is 7.05 Å². The molecule has 2 aromatic heterocycles. The Kier molecular flexibility index (Phi) is 18.8. The second-order valence-electron chi connectivity index (χ2n) is 17.0. The number of aromatic nitrogens is 3. The van der Waals surface area contributed by atoms with Gasteiger partial charge < -0.3 is 15.0 Å². The molecule has 11 nitrogen and oxygen atoms in total. The molecule has 14 heteroatoms. The molecule has 356 valence electrons. The molecule has 1 atom stereocenters. The van der Waals surface area contributed by atoms with Gasteiger partial charge in [0.1, 0.15) is 5.03 Å². The average molecular weight is 967 g/mol. The Morgan fingerprint density at radius 3 is 1.96 bits per heavy atom. The van der Waals surface area contributed by atoms with Crippen LogP contribution in [0.15, 0.2) is 124 Å². The molecule has 0 saturated carbocycles. The number of Topliss-reactive ketones (excluding diaryl/α,β-unsaturated/α-hetero) is 1. The van der Waals surface area contributed by atoms with Gasteiger partial charge in [0.05, 0.1) is 27.8 Å². The van der Waals surface area contributed by atoms with E-state index in [2.05, 4.69) is 23.9 Å². The van der Waals surface area contributed by atoms with Crippen molar-refractivity contribution in [3.8, 4) is 28.3 Å². The predicted molar refractivity (Wildman–Crippen MR) is 273 cm³/mol. The highest BCUT2D eigenvalue weighted by atomic mass is 35.5. The van der Waals surface area contributed by atoms with E-state index in [4.69, 9.17) is 11.6 Å². The van der Waals surface area contributed by atoms with Crippen molar-refractivity contribution in [3.05, 3.63) is 142 Å². The largest absolute Gasteiger partial charge is 0.492 e. The lowest BCUT2D eigenvalue weighted by Gasteiger charge is -2.19. The van der Waals surface area contributed by atoms with Crippen LogP contribution in [0.5, 0.6) is 5.88 Å². The van der Waals surface area contributed by atoms with Crippen LogP contribution in [0.1, 0.15) is 119 Å². The zero-order chi connectivity index (χ0) is 47.9. The smallest absolute Gasteiger partial charge is 0.333 e. The number of aromatic hydroxyl groups is 1. The van der Waals surface area contributed by atoms with Crippen molar-refractivity contribution in [2.45, 2.75) is 120 Å². The Morgan fingerprint density at radius 2 is 1.33 bits per heavy atom. The van der Waals surface area contributed by atoms with E-state index in [0.717, 1.165) is 92.0 Å². The first kappa shape index (κ1) is 51.1. The Hall–Kier alpha value is -5.34. The van der Waals surface area contributed by atoms with Crippen molar-refractivity contribution in [2.75, 3.05) is 17.6 Å². The lowest BCUT2D eigenvalue weighted by atomic mass is 9.92. The van der Waals surface area contributed by atoms with Crippen LogP contribution >= 0.6 is 23.4 Å². The number of amides is 1. The van der Waals surface area contributed by atoms with Crippen molar-refractivity contribution in [1.29, 1.82) is 0 Å². The van der Waals surface area contributed by atoms with Crippen LogP contribution in [0.4, 0.5) is 5.69 Å². The van der Waals surface area contributed by atoms with Gasteiger partial charge >= 0.3 is 5.69 Å². The van der Waals surface area contributed by atoms with Crippen LogP contribution in [-0.4, -0.2) is 51.2 Å². The molecule has 0 spiro atoms. The molecular formula is C53H64ClN5O6S2. The molecule has 1 unspecified atom stereocenters. The predicted octanol–water partition coefficient (Wildman–Crippen LogP) is 12.2. The van der Waals surface area contributed by atoms with E-state index in [1.807, 2.05) is 103 Å². The first-order chi connectivity index (χ1) is 32.4. The van der Waals surface area contributed by atoms with E-state index < -0.39 is 39.3 Å². The molecule has 0 aliphatic carbocycles. The summed E-state index contributed by atoms with van der Waals surface area (Å²) in [5.41, 5.74) is 3.43. The van der Waals surface area contributed by atoms with E-state index >= 15 is 14.4 Å². The molecule has 2 heterocycles. The quantitative estimate of drug-likeness (QED) is 0.0212.